The quantitative estimate of drug-likeness (QED) is 0.184. The first-order chi connectivity index (χ1) is 16.2. The van der Waals surface area contributed by atoms with Gasteiger partial charge in [0.1, 0.15) is 5.75 Å². The summed E-state index contributed by atoms with van der Waals surface area (Å²) in [6.45, 7) is 6.41. The number of benzene rings is 1. The van der Waals surface area contributed by atoms with Gasteiger partial charge in [-0.25, -0.2) is 0 Å². The fourth-order valence-corrected chi connectivity index (χ4v) is 5.03. The molecule has 0 aliphatic carbocycles. The zero-order chi connectivity index (χ0) is 23.6. The lowest BCUT2D eigenvalue weighted by Crippen LogP contribution is -2.44. The highest BCUT2D eigenvalue weighted by atomic mass is 16.3. The Morgan fingerprint density at radius 1 is 0.758 bits per heavy atom. The van der Waals surface area contributed by atoms with Gasteiger partial charge in [-0.3, -0.25) is 0 Å². The van der Waals surface area contributed by atoms with Gasteiger partial charge in [0, 0.05) is 12.6 Å². The van der Waals surface area contributed by atoms with E-state index >= 15 is 0 Å². The molecule has 2 rings (SSSR count). The Kier molecular flexibility index (Phi) is 15.6. The predicted molar refractivity (Wildman–Crippen MR) is 141 cm³/mol. The summed E-state index contributed by atoms with van der Waals surface area (Å²) in [4.78, 5) is 2.46. The molecule has 0 bridgehead atoms. The second-order valence-electron chi connectivity index (χ2n) is 10.2. The summed E-state index contributed by atoms with van der Waals surface area (Å²) in [5.74, 6) is 0.248. The third-order valence-electron chi connectivity index (χ3n) is 7.21. The number of likely N-dealkylation sites (tertiary alicyclic amines) is 1. The first-order valence-electron chi connectivity index (χ1n) is 14.1. The summed E-state index contributed by atoms with van der Waals surface area (Å²) in [5, 5.41) is 24.2. The van der Waals surface area contributed by atoms with E-state index in [1.54, 1.807) is 12.1 Å². The van der Waals surface area contributed by atoms with Crippen LogP contribution in [0.2, 0.25) is 0 Å². The molecule has 2 atom stereocenters. The fraction of sp³-hybridized carbons (Fsp3) is 0.793. The number of hydrogen-bond donors (Lipinski definition) is 3. The van der Waals surface area contributed by atoms with Crippen LogP contribution in [-0.4, -0.2) is 47.3 Å². The second kappa shape index (κ2) is 18.3. The summed E-state index contributed by atoms with van der Waals surface area (Å²) >= 11 is 0. The van der Waals surface area contributed by atoms with Crippen LogP contribution < -0.4 is 5.32 Å². The van der Waals surface area contributed by atoms with Gasteiger partial charge in [0.2, 0.25) is 0 Å². The van der Waals surface area contributed by atoms with Crippen LogP contribution in [0.4, 0.5) is 0 Å². The molecule has 0 aromatic heterocycles. The molecule has 0 amide bonds. The number of phenolic OH excluding ortho intramolecular Hbond substituents is 1. The van der Waals surface area contributed by atoms with Crippen LogP contribution in [0.15, 0.2) is 24.3 Å². The average molecular weight is 461 g/mol. The van der Waals surface area contributed by atoms with Crippen molar-refractivity contribution in [3.05, 3.63) is 29.8 Å². The highest BCUT2D eigenvalue weighted by Crippen LogP contribution is 2.22. The van der Waals surface area contributed by atoms with E-state index in [-0.39, 0.29) is 11.8 Å². The molecule has 1 aliphatic heterocycles. The fourth-order valence-electron chi connectivity index (χ4n) is 5.03. The summed E-state index contributed by atoms with van der Waals surface area (Å²) in [7, 11) is 0. The minimum atomic E-state index is -0.544. The van der Waals surface area contributed by atoms with Crippen LogP contribution in [0.5, 0.6) is 5.75 Å². The molecule has 0 unspecified atom stereocenters. The van der Waals surface area contributed by atoms with Crippen molar-refractivity contribution < 1.29 is 10.2 Å². The Bertz CT molecular complexity index is 571. The van der Waals surface area contributed by atoms with Gasteiger partial charge >= 0.3 is 0 Å². The molecule has 1 saturated heterocycles. The maximum atomic E-state index is 11.0. The Hall–Kier alpha value is -1.10. The lowest BCUT2D eigenvalue weighted by molar-refractivity contribution is 0.106. The molecule has 3 N–H and O–H groups in total. The number of aliphatic hydroxyl groups excluding tert-OH is 1. The van der Waals surface area contributed by atoms with Crippen LogP contribution in [0, 0.1) is 0 Å². The summed E-state index contributed by atoms with van der Waals surface area (Å²) < 4.78 is 0. The maximum absolute atomic E-state index is 11.0. The van der Waals surface area contributed by atoms with Crippen molar-refractivity contribution in [1.29, 1.82) is 0 Å². The summed E-state index contributed by atoms with van der Waals surface area (Å²) in [6.07, 6.45) is 21.3. The van der Waals surface area contributed by atoms with Crippen LogP contribution >= 0.6 is 0 Å². The molecule has 1 aliphatic rings. The SMILES string of the molecule is CCCCCCCCCCCCCCCCN[C@H](CN1CCCC1)[C@H](O)c1ccc(O)cc1. The Balaban J connectivity index is 1.53. The Labute approximate surface area is 204 Å². The van der Waals surface area contributed by atoms with Crippen LogP contribution in [0.1, 0.15) is 121 Å². The van der Waals surface area contributed by atoms with Crippen molar-refractivity contribution in [2.75, 3.05) is 26.2 Å². The molecule has 190 valence electrons. The van der Waals surface area contributed by atoms with Crippen molar-refractivity contribution in [1.82, 2.24) is 10.2 Å². The third-order valence-corrected chi connectivity index (χ3v) is 7.21. The van der Waals surface area contributed by atoms with Gasteiger partial charge in [-0.15, -0.1) is 0 Å². The number of unbranched alkanes of at least 4 members (excludes halogenated alkanes) is 13. The highest BCUT2D eigenvalue weighted by Gasteiger charge is 2.24. The maximum Gasteiger partial charge on any atom is 0.115 e. The van der Waals surface area contributed by atoms with Gasteiger partial charge in [-0.2, -0.15) is 0 Å². The van der Waals surface area contributed by atoms with E-state index in [0.29, 0.717) is 0 Å². The van der Waals surface area contributed by atoms with E-state index in [4.69, 9.17) is 0 Å². The van der Waals surface area contributed by atoms with E-state index in [1.165, 1.54) is 103 Å². The van der Waals surface area contributed by atoms with E-state index in [9.17, 15) is 10.2 Å². The van der Waals surface area contributed by atoms with Crippen molar-refractivity contribution >= 4 is 0 Å². The van der Waals surface area contributed by atoms with Crippen LogP contribution in [-0.2, 0) is 0 Å². The van der Waals surface area contributed by atoms with E-state index in [0.717, 1.165) is 31.7 Å². The number of aromatic hydroxyl groups is 1. The minimum Gasteiger partial charge on any atom is -0.508 e. The molecule has 1 aromatic rings. The number of nitrogens with one attached hydrogen (secondary N) is 1. The number of nitrogens with zero attached hydrogens (tertiary/aromatic N) is 1. The molecule has 0 spiro atoms. The van der Waals surface area contributed by atoms with Crippen LogP contribution in [0.3, 0.4) is 0 Å². The molecular formula is C29H52N2O2. The lowest BCUT2D eigenvalue weighted by Gasteiger charge is -2.29. The number of rotatable bonds is 20. The van der Waals surface area contributed by atoms with Gasteiger partial charge in [0.25, 0.3) is 0 Å². The molecule has 1 heterocycles. The largest absolute Gasteiger partial charge is 0.508 e. The number of aliphatic hydroxyl groups is 1. The van der Waals surface area contributed by atoms with Gasteiger partial charge in [-0.05, 0) is 56.6 Å². The number of phenols is 1. The standard InChI is InChI=1S/C29H52N2O2/c1-2-3-4-5-6-7-8-9-10-11-12-13-14-15-22-30-28(25-31-23-16-17-24-31)29(33)26-18-20-27(32)21-19-26/h18-21,28-30,32-33H,2-17,22-25H2,1H3/t28-,29-/m1/s1. The average Bonchev–Trinajstić information content (AvgIpc) is 3.34. The van der Waals surface area contributed by atoms with Crippen molar-refractivity contribution in [2.24, 2.45) is 0 Å². The third kappa shape index (κ3) is 12.8. The first kappa shape index (κ1) is 28.1. The van der Waals surface area contributed by atoms with Gasteiger partial charge in [0.05, 0.1) is 6.10 Å². The molecule has 0 saturated carbocycles. The van der Waals surface area contributed by atoms with Gasteiger partial charge < -0.3 is 20.4 Å². The Morgan fingerprint density at radius 2 is 1.24 bits per heavy atom. The van der Waals surface area contributed by atoms with Crippen molar-refractivity contribution in [2.45, 2.75) is 122 Å². The highest BCUT2D eigenvalue weighted by molar-refractivity contribution is 5.28. The molecule has 4 heteroatoms. The van der Waals surface area contributed by atoms with Gasteiger partial charge in [0.15, 0.2) is 0 Å². The molecule has 33 heavy (non-hydrogen) atoms. The minimum absolute atomic E-state index is 0.0367. The van der Waals surface area contributed by atoms with E-state index < -0.39 is 6.10 Å². The lowest BCUT2D eigenvalue weighted by atomic mass is 10.0. The smallest absolute Gasteiger partial charge is 0.115 e. The first-order valence-corrected chi connectivity index (χ1v) is 14.1. The van der Waals surface area contributed by atoms with Crippen LogP contribution in [0.25, 0.3) is 0 Å². The predicted octanol–water partition coefficient (Wildman–Crippen LogP) is 6.96. The van der Waals surface area contributed by atoms with Gasteiger partial charge in [-0.1, -0.05) is 103 Å². The zero-order valence-corrected chi connectivity index (χ0v) is 21.4. The summed E-state index contributed by atoms with van der Waals surface area (Å²) in [5.41, 5.74) is 0.880. The molecular weight excluding hydrogens is 408 g/mol. The monoisotopic (exact) mass is 460 g/mol. The molecule has 1 fully saturated rings. The molecule has 0 radical (unpaired) electrons. The zero-order valence-electron chi connectivity index (χ0n) is 21.4. The Morgan fingerprint density at radius 3 is 1.76 bits per heavy atom. The topological polar surface area (TPSA) is 55.7 Å². The molecule has 4 nitrogen and oxygen atoms in total. The van der Waals surface area contributed by atoms with E-state index in [1.807, 2.05) is 12.1 Å². The second-order valence-corrected chi connectivity index (χ2v) is 10.2. The number of hydrogen-bond acceptors (Lipinski definition) is 4. The summed E-state index contributed by atoms with van der Waals surface area (Å²) in [6, 6.07) is 7.05. The van der Waals surface area contributed by atoms with Crippen molar-refractivity contribution in [3.8, 4) is 5.75 Å². The van der Waals surface area contributed by atoms with Crippen molar-refractivity contribution in [3.63, 3.8) is 0 Å². The normalized spacial score (nSPS) is 16.3. The van der Waals surface area contributed by atoms with E-state index in [2.05, 4.69) is 17.1 Å². The molecule has 1 aromatic carbocycles.